The van der Waals surface area contributed by atoms with Crippen molar-refractivity contribution in [1.82, 2.24) is 0 Å². The number of rotatable bonds is 4. The van der Waals surface area contributed by atoms with Crippen molar-refractivity contribution in [3.63, 3.8) is 0 Å². The maximum Gasteiger partial charge on any atom is 0.425 e. The van der Waals surface area contributed by atoms with Gasteiger partial charge in [0.2, 0.25) is 5.60 Å². The number of nitrogens with one attached hydrogen (secondary N) is 1. The quantitative estimate of drug-likeness (QED) is 0.869. The largest absolute Gasteiger partial charge is 0.425 e. The lowest BCUT2D eigenvalue weighted by molar-refractivity contribution is -0.244. The number of halogens is 3. The monoisotopic (exact) mass is 321 g/mol. The molecule has 0 saturated carbocycles. The Bertz CT molecular complexity index is 695. The van der Waals surface area contributed by atoms with E-state index >= 15 is 0 Å². The number of aliphatic hydroxyl groups is 1. The summed E-state index contributed by atoms with van der Waals surface area (Å²) in [7, 11) is 1.69. The van der Waals surface area contributed by atoms with E-state index in [-0.39, 0.29) is 5.56 Å². The first-order valence-electron chi connectivity index (χ1n) is 7.10. The third kappa shape index (κ3) is 3.56. The molecular weight excluding hydrogens is 303 g/mol. The number of hydrogen-bond donors (Lipinski definition) is 2. The molecule has 0 aromatic heterocycles. The van der Waals surface area contributed by atoms with Crippen molar-refractivity contribution in [2.75, 3.05) is 12.4 Å². The van der Waals surface area contributed by atoms with Crippen molar-refractivity contribution in [3.05, 3.63) is 71.3 Å². The van der Waals surface area contributed by atoms with Gasteiger partial charge in [-0.05, 0) is 35.8 Å². The summed E-state index contributed by atoms with van der Waals surface area (Å²) in [6.45, 7) is 1.69. The van der Waals surface area contributed by atoms with E-state index < -0.39 is 11.8 Å². The fourth-order valence-corrected chi connectivity index (χ4v) is 2.32. The molecule has 0 aliphatic heterocycles. The molecule has 0 aliphatic carbocycles. The molecule has 1 unspecified atom stereocenters. The van der Waals surface area contributed by atoms with Crippen molar-refractivity contribution in [1.29, 1.82) is 0 Å². The van der Waals surface area contributed by atoms with E-state index in [0.717, 1.165) is 6.08 Å². The zero-order valence-corrected chi connectivity index (χ0v) is 12.9. The summed E-state index contributed by atoms with van der Waals surface area (Å²) >= 11 is 0. The van der Waals surface area contributed by atoms with Gasteiger partial charge < -0.3 is 10.4 Å². The van der Waals surface area contributed by atoms with E-state index in [1.54, 1.807) is 44.3 Å². The average molecular weight is 321 g/mol. The Kier molecular flexibility index (Phi) is 4.80. The number of benzene rings is 2. The number of anilines is 1. The Labute approximate surface area is 133 Å². The van der Waals surface area contributed by atoms with Crippen LogP contribution in [0.3, 0.4) is 0 Å². The summed E-state index contributed by atoms with van der Waals surface area (Å²) in [5, 5.41) is 13.2. The van der Waals surface area contributed by atoms with Crippen molar-refractivity contribution >= 4 is 11.8 Å². The number of aryl methyl sites for hydroxylation is 1. The predicted octanol–water partition coefficient (Wildman–Crippen LogP) is 4.50. The molecule has 0 radical (unpaired) electrons. The van der Waals surface area contributed by atoms with E-state index in [2.05, 4.69) is 5.32 Å². The molecule has 5 heteroatoms. The first-order valence-corrected chi connectivity index (χ1v) is 7.10. The smallest absolute Gasteiger partial charge is 0.388 e. The van der Waals surface area contributed by atoms with Crippen LogP contribution in [0.2, 0.25) is 0 Å². The molecular formula is C18H18F3NO. The van der Waals surface area contributed by atoms with Gasteiger partial charge in [-0.2, -0.15) is 13.2 Å². The van der Waals surface area contributed by atoms with E-state index in [1.807, 2.05) is 0 Å². The average Bonchev–Trinajstić information content (AvgIpc) is 2.52. The molecule has 0 heterocycles. The Morgan fingerprint density at radius 3 is 2.22 bits per heavy atom. The van der Waals surface area contributed by atoms with Gasteiger partial charge in [0.05, 0.1) is 0 Å². The van der Waals surface area contributed by atoms with Crippen molar-refractivity contribution in [2.24, 2.45) is 0 Å². The topological polar surface area (TPSA) is 32.3 Å². The summed E-state index contributed by atoms with van der Waals surface area (Å²) in [6.07, 6.45) is -2.77. The van der Waals surface area contributed by atoms with E-state index in [9.17, 15) is 18.3 Å². The van der Waals surface area contributed by atoms with Crippen LogP contribution in [0.4, 0.5) is 18.9 Å². The normalized spacial score (nSPS) is 14.7. The molecule has 0 amide bonds. The summed E-state index contributed by atoms with van der Waals surface area (Å²) in [5.74, 6) is 0. The van der Waals surface area contributed by atoms with Crippen LogP contribution in [0.5, 0.6) is 0 Å². The molecule has 2 rings (SSSR count). The highest BCUT2D eigenvalue weighted by atomic mass is 19.4. The summed E-state index contributed by atoms with van der Waals surface area (Å²) in [6, 6.07) is 12.7. The number of alkyl halides is 3. The van der Waals surface area contributed by atoms with Gasteiger partial charge in [0.1, 0.15) is 0 Å². The minimum absolute atomic E-state index is 0.214. The second-order valence-corrected chi connectivity index (χ2v) is 5.29. The lowest BCUT2D eigenvalue weighted by Gasteiger charge is -2.28. The van der Waals surface area contributed by atoms with Crippen LogP contribution in [0, 0.1) is 6.92 Å². The Balaban J connectivity index is 2.48. The fourth-order valence-electron chi connectivity index (χ4n) is 2.32. The van der Waals surface area contributed by atoms with Gasteiger partial charge in [0.15, 0.2) is 0 Å². The van der Waals surface area contributed by atoms with E-state index in [1.165, 1.54) is 24.3 Å². The first-order chi connectivity index (χ1) is 10.8. The maximum atomic E-state index is 13.5. The van der Waals surface area contributed by atoms with Crippen LogP contribution in [0.15, 0.2) is 54.6 Å². The molecule has 2 aromatic carbocycles. The molecule has 1 atom stereocenters. The SMILES string of the molecule is CNc1ccc(C(O)(C=Cc2ccccc2)C(F)(F)F)cc1C. The van der Waals surface area contributed by atoms with Gasteiger partial charge >= 0.3 is 6.18 Å². The van der Waals surface area contributed by atoms with E-state index in [0.29, 0.717) is 16.8 Å². The maximum absolute atomic E-state index is 13.5. The van der Waals surface area contributed by atoms with Crippen molar-refractivity contribution in [2.45, 2.75) is 18.7 Å². The third-order valence-electron chi connectivity index (χ3n) is 3.68. The van der Waals surface area contributed by atoms with Gasteiger partial charge in [0, 0.05) is 12.7 Å². The Hall–Kier alpha value is -2.27. The van der Waals surface area contributed by atoms with Crippen molar-refractivity contribution < 1.29 is 18.3 Å². The Morgan fingerprint density at radius 1 is 1.04 bits per heavy atom. The molecule has 23 heavy (non-hydrogen) atoms. The lowest BCUT2D eigenvalue weighted by Crippen LogP contribution is -2.40. The molecule has 122 valence electrons. The highest BCUT2D eigenvalue weighted by Gasteiger charge is 2.53. The number of hydrogen-bond acceptors (Lipinski definition) is 2. The highest BCUT2D eigenvalue weighted by Crippen LogP contribution is 2.41. The third-order valence-corrected chi connectivity index (χ3v) is 3.68. The molecule has 2 N–H and O–H groups in total. The van der Waals surface area contributed by atoms with Crippen LogP contribution in [-0.2, 0) is 5.60 Å². The molecule has 0 aliphatic rings. The van der Waals surface area contributed by atoms with Gasteiger partial charge in [-0.25, -0.2) is 0 Å². The molecule has 0 fully saturated rings. The van der Waals surface area contributed by atoms with E-state index in [4.69, 9.17) is 0 Å². The summed E-state index contributed by atoms with van der Waals surface area (Å²) in [4.78, 5) is 0. The molecule has 2 nitrogen and oxygen atoms in total. The summed E-state index contributed by atoms with van der Waals surface area (Å²) in [5.41, 5.74) is -1.33. The van der Waals surface area contributed by atoms with Crippen LogP contribution in [0.25, 0.3) is 6.08 Å². The minimum Gasteiger partial charge on any atom is -0.388 e. The minimum atomic E-state index is -4.83. The second kappa shape index (κ2) is 6.46. The standard InChI is InChI=1S/C18H18F3NO/c1-13-12-15(8-9-16(13)22-2)17(23,18(19,20)21)11-10-14-6-4-3-5-7-14/h3-12,22-23H,1-2H3. The molecule has 2 aromatic rings. The fraction of sp³-hybridized carbons (Fsp3) is 0.222. The zero-order valence-electron chi connectivity index (χ0n) is 12.9. The van der Waals surface area contributed by atoms with Gasteiger partial charge in [-0.3, -0.25) is 0 Å². The van der Waals surface area contributed by atoms with Crippen LogP contribution in [0.1, 0.15) is 16.7 Å². The van der Waals surface area contributed by atoms with Crippen molar-refractivity contribution in [3.8, 4) is 0 Å². The second-order valence-electron chi connectivity index (χ2n) is 5.29. The van der Waals surface area contributed by atoms with Crippen LogP contribution >= 0.6 is 0 Å². The zero-order chi connectivity index (χ0) is 17.1. The van der Waals surface area contributed by atoms with Gasteiger partial charge in [0.25, 0.3) is 0 Å². The lowest BCUT2D eigenvalue weighted by atomic mass is 9.90. The van der Waals surface area contributed by atoms with Crippen LogP contribution in [-0.4, -0.2) is 18.3 Å². The predicted molar refractivity (Wildman–Crippen MR) is 86.2 cm³/mol. The highest BCUT2D eigenvalue weighted by molar-refractivity contribution is 5.56. The van der Waals surface area contributed by atoms with Crippen LogP contribution < -0.4 is 5.32 Å². The molecule has 0 saturated heterocycles. The Morgan fingerprint density at radius 2 is 1.70 bits per heavy atom. The van der Waals surface area contributed by atoms with Gasteiger partial charge in [-0.15, -0.1) is 0 Å². The molecule has 0 bridgehead atoms. The first kappa shape index (κ1) is 17.1. The summed E-state index contributed by atoms with van der Waals surface area (Å²) < 4.78 is 40.5. The van der Waals surface area contributed by atoms with Gasteiger partial charge in [-0.1, -0.05) is 48.5 Å². The molecule has 0 spiro atoms.